The SMILES string of the molecule is C[C@@H]1C(=O)O[C@H]2CC[N+]3(C(=O)C(F)(F)F)C[C@H]4O[C@@]4(COC(=O)[C@@](C)(O)[C@@]1(C)O)[C@H]23. The van der Waals surface area contributed by atoms with Gasteiger partial charge in [0.25, 0.3) is 0 Å². The fraction of sp³-hybridized carbons (Fsp3) is 0.833. The number of epoxide rings is 1. The van der Waals surface area contributed by atoms with E-state index in [1.807, 2.05) is 0 Å². The van der Waals surface area contributed by atoms with Gasteiger partial charge in [-0.1, -0.05) is 0 Å². The Kier molecular flexibility index (Phi) is 4.24. The van der Waals surface area contributed by atoms with E-state index >= 15 is 0 Å². The molecule has 168 valence electrons. The lowest BCUT2D eigenvalue weighted by atomic mass is 9.76. The van der Waals surface area contributed by atoms with Crippen molar-refractivity contribution >= 4 is 17.8 Å². The van der Waals surface area contributed by atoms with E-state index in [1.54, 1.807) is 0 Å². The number of carbonyl (C=O) groups is 3. The summed E-state index contributed by atoms with van der Waals surface area (Å²) in [7, 11) is 0. The van der Waals surface area contributed by atoms with Crippen LogP contribution in [-0.2, 0) is 28.6 Å². The number of ether oxygens (including phenoxy) is 3. The highest BCUT2D eigenvalue weighted by molar-refractivity contribution is 5.83. The van der Waals surface area contributed by atoms with E-state index < -0.39 is 76.1 Å². The number of aliphatic hydroxyl groups is 2. The third-order valence-electron chi connectivity index (χ3n) is 7.46. The molecular weight excluding hydrogens is 415 g/mol. The molecule has 1 spiro atoms. The molecule has 1 amide bonds. The van der Waals surface area contributed by atoms with Gasteiger partial charge in [0.2, 0.25) is 0 Å². The van der Waals surface area contributed by atoms with Crippen molar-refractivity contribution in [2.75, 3.05) is 19.7 Å². The van der Waals surface area contributed by atoms with Gasteiger partial charge in [0.05, 0.1) is 12.5 Å². The highest BCUT2D eigenvalue weighted by Gasteiger charge is 2.84. The average Bonchev–Trinajstić information content (AvgIpc) is 3.06. The number of amides is 1. The highest BCUT2D eigenvalue weighted by Crippen LogP contribution is 2.58. The third-order valence-corrected chi connectivity index (χ3v) is 7.46. The second kappa shape index (κ2) is 5.93. The Morgan fingerprint density at radius 1 is 1.23 bits per heavy atom. The van der Waals surface area contributed by atoms with E-state index in [0.717, 1.165) is 13.8 Å². The molecule has 9 nitrogen and oxygen atoms in total. The molecule has 0 radical (unpaired) electrons. The lowest BCUT2D eigenvalue weighted by Crippen LogP contribution is -2.64. The summed E-state index contributed by atoms with van der Waals surface area (Å²) in [4.78, 5) is 37.6. The van der Waals surface area contributed by atoms with Crippen LogP contribution in [0.5, 0.6) is 0 Å². The van der Waals surface area contributed by atoms with E-state index in [1.165, 1.54) is 6.92 Å². The molecule has 0 aliphatic carbocycles. The summed E-state index contributed by atoms with van der Waals surface area (Å²) in [5.74, 6) is -5.67. The van der Waals surface area contributed by atoms with Crippen LogP contribution < -0.4 is 0 Å². The number of rotatable bonds is 0. The first-order chi connectivity index (χ1) is 13.6. The Morgan fingerprint density at radius 3 is 2.47 bits per heavy atom. The molecule has 30 heavy (non-hydrogen) atoms. The van der Waals surface area contributed by atoms with E-state index in [2.05, 4.69) is 0 Å². The summed E-state index contributed by atoms with van der Waals surface area (Å²) in [5.41, 5.74) is -6.25. The summed E-state index contributed by atoms with van der Waals surface area (Å²) in [6, 6.07) is -1.21. The first kappa shape index (κ1) is 21.5. The summed E-state index contributed by atoms with van der Waals surface area (Å²) in [5, 5.41) is 21.3. The lowest BCUT2D eigenvalue weighted by molar-refractivity contribution is -0.869. The van der Waals surface area contributed by atoms with Crippen molar-refractivity contribution in [1.29, 1.82) is 0 Å². The first-order valence-electron chi connectivity index (χ1n) is 9.60. The minimum absolute atomic E-state index is 0.0325. The van der Waals surface area contributed by atoms with Crippen LogP contribution in [0.1, 0.15) is 27.2 Å². The monoisotopic (exact) mass is 438 g/mol. The predicted molar refractivity (Wildman–Crippen MR) is 88.3 cm³/mol. The smallest absolute Gasteiger partial charge is 0.460 e. The van der Waals surface area contributed by atoms with Crippen LogP contribution in [0.25, 0.3) is 0 Å². The Bertz CT molecular complexity index is 827. The number of hydrogen-bond acceptors (Lipinski definition) is 8. The van der Waals surface area contributed by atoms with Gasteiger partial charge in [0.15, 0.2) is 23.3 Å². The number of halogens is 3. The molecule has 0 aromatic carbocycles. The molecule has 0 aromatic heterocycles. The molecule has 4 rings (SSSR count). The molecule has 0 saturated carbocycles. The van der Waals surface area contributed by atoms with Gasteiger partial charge in [-0.25, -0.2) is 14.1 Å². The molecule has 0 bridgehead atoms. The van der Waals surface area contributed by atoms with Crippen LogP contribution in [0.15, 0.2) is 0 Å². The number of morpholine rings is 1. The van der Waals surface area contributed by atoms with Crippen molar-refractivity contribution in [2.24, 2.45) is 5.92 Å². The molecular formula is C18H23F3NO8+. The molecule has 4 aliphatic heterocycles. The number of alkyl halides is 3. The quantitative estimate of drug-likeness (QED) is 0.293. The zero-order valence-electron chi connectivity index (χ0n) is 16.6. The molecule has 2 N–H and O–H groups in total. The second-order valence-electron chi connectivity index (χ2n) is 9.03. The van der Waals surface area contributed by atoms with Crippen molar-refractivity contribution < 1.29 is 56.5 Å². The van der Waals surface area contributed by atoms with E-state index in [4.69, 9.17) is 14.2 Å². The molecule has 4 saturated heterocycles. The van der Waals surface area contributed by atoms with E-state index in [0.29, 0.717) is 0 Å². The van der Waals surface area contributed by atoms with Crippen LogP contribution in [0.3, 0.4) is 0 Å². The van der Waals surface area contributed by atoms with Crippen LogP contribution in [-0.4, -0.2) is 93.5 Å². The topological polar surface area (TPSA) is 123 Å². The zero-order valence-corrected chi connectivity index (χ0v) is 16.6. The van der Waals surface area contributed by atoms with Gasteiger partial charge in [-0.2, -0.15) is 13.2 Å². The first-order valence-corrected chi connectivity index (χ1v) is 9.60. The number of carbonyl (C=O) groups excluding carboxylic acids is 3. The molecule has 12 heteroatoms. The predicted octanol–water partition coefficient (Wildman–Crippen LogP) is -0.578. The molecule has 4 heterocycles. The molecule has 0 aromatic rings. The van der Waals surface area contributed by atoms with E-state index in [-0.39, 0.29) is 19.5 Å². The molecule has 8 atom stereocenters. The second-order valence-corrected chi connectivity index (χ2v) is 9.03. The van der Waals surface area contributed by atoms with Crippen LogP contribution in [0.2, 0.25) is 0 Å². The van der Waals surface area contributed by atoms with Crippen LogP contribution in [0, 0.1) is 5.92 Å². The lowest BCUT2D eigenvalue weighted by Gasteiger charge is -2.39. The Hall–Kier alpha value is -1.76. The van der Waals surface area contributed by atoms with Gasteiger partial charge in [0.1, 0.15) is 24.9 Å². The minimum atomic E-state index is -5.11. The summed E-state index contributed by atoms with van der Waals surface area (Å²) < 4.78 is 55.3. The Morgan fingerprint density at radius 2 is 1.87 bits per heavy atom. The summed E-state index contributed by atoms with van der Waals surface area (Å²) in [6.45, 7) is 2.23. The van der Waals surface area contributed by atoms with Gasteiger partial charge >= 0.3 is 24.0 Å². The standard InChI is InChI=1S/C18H23F3NO8/c1-8-12(23)29-9-4-5-22(13(24)18(19,20)21)6-10-17(30-10,11(9)22)7-28-14(25)16(3,27)15(8,2)26/h8-11,26-27H,4-7H2,1-3H3/q+1/t8-,9+,10-,11+,15+,16-,17-,22?/m1/s1. The normalized spacial score (nSPS) is 50.7. The van der Waals surface area contributed by atoms with Crippen molar-refractivity contribution in [3.63, 3.8) is 0 Å². The number of cyclic esters (lactones) is 1. The molecule has 4 aliphatic rings. The number of quaternary nitrogens is 1. The van der Waals surface area contributed by atoms with Gasteiger partial charge in [-0.3, -0.25) is 4.79 Å². The maximum atomic E-state index is 13.4. The van der Waals surface area contributed by atoms with Gasteiger partial charge < -0.3 is 24.4 Å². The molecule has 4 fully saturated rings. The fourth-order valence-electron chi connectivity index (χ4n) is 5.22. The van der Waals surface area contributed by atoms with Crippen LogP contribution in [0.4, 0.5) is 13.2 Å². The van der Waals surface area contributed by atoms with Gasteiger partial charge in [-0.15, -0.1) is 0 Å². The maximum Gasteiger partial charge on any atom is 0.509 e. The number of esters is 2. The maximum absolute atomic E-state index is 13.4. The number of nitrogens with zero attached hydrogens (tertiary/aromatic N) is 1. The average molecular weight is 438 g/mol. The number of hydrogen-bond donors (Lipinski definition) is 2. The van der Waals surface area contributed by atoms with Crippen molar-refractivity contribution in [2.45, 2.75) is 68.4 Å². The molecule has 1 unspecified atom stereocenters. The minimum Gasteiger partial charge on any atom is -0.460 e. The van der Waals surface area contributed by atoms with Gasteiger partial charge in [-0.05, 0) is 20.8 Å². The Labute approximate surface area is 169 Å². The van der Waals surface area contributed by atoms with Gasteiger partial charge in [0, 0.05) is 6.42 Å². The van der Waals surface area contributed by atoms with Crippen molar-refractivity contribution in [1.82, 2.24) is 0 Å². The van der Waals surface area contributed by atoms with Crippen LogP contribution >= 0.6 is 0 Å². The summed E-state index contributed by atoms with van der Waals surface area (Å²) >= 11 is 0. The third kappa shape index (κ3) is 2.53. The summed E-state index contributed by atoms with van der Waals surface area (Å²) in [6.07, 6.45) is -7.06. The highest BCUT2D eigenvalue weighted by atomic mass is 19.4. The Balaban J connectivity index is 1.77. The van der Waals surface area contributed by atoms with E-state index in [9.17, 15) is 37.8 Å². The largest absolute Gasteiger partial charge is 0.509 e. The van der Waals surface area contributed by atoms with Crippen molar-refractivity contribution in [3.05, 3.63) is 0 Å². The fourth-order valence-corrected chi connectivity index (χ4v) is 5.22. The van der Waals surface area contributed by atoms with Crippen molar-refractivity contribution in [3.8, 4) is 0 Å². The zero-order chi connectivity index (χ0) is 22.5.